The van der Waals surface area contributed by atoms with E-state index in [9.17, 15) is 71.9 Å². The van der Waals surface area contributed by atoms with E-state index in [4.69, 9.17) is 42.6 Å². The molecule has 5 aliphatic heterocycles. The molecule has 5 aliphatic rings. The molecule has 0 bridgehead atoms. The Balaban J connectivity index is 1.56. The van der Waals surface area contributed by atoms with Gasteiger partial charge < -0.3 is 105 Å². The van der Waals surface area contributed by atoms with Crippen LogP contribution < -0.4 is 47.9 Å². The summed E-state index contributed by atoms with van der Waals surface area (Å²) in [4.78, 5) is 219. The number of hydrogen-bond donors (Lipinski definition) is 9. The number of nitrogens with one attached hydrogen (secondary N) is 9. The fourth-order valence-corrected chi connectivity index (χ4v) is 12.3. The molecule has 19 atom stereocenters. The topological polar surface area (TPSA) is 474 Å². The van der Waals surface area contributed by atoms with Crippen LogP contribution in [0.4, 0.5) is 0 Å². The van der Waals surface area contributed by atoms with Crippen LogP contribution in [-0.2, 0) is 119 Å². The fraction of sp³-hybridized carbons (Fsp3) is 0.742. The first-order valence-corrected chi connectivity index (χ1v) is 32.9. The number of likely N-dealkylation sites (N-methyl/N-ethyl adjacent to an activating group) is 2. The average molecular weight is 1410 g/mol. The molecule has 0 aromatic heterocycles. The molecule has 0 radical (unpaired) electrons. The van der Waals surface area contributed by atoms with Gasteiger partial charge in [-0.2, -0.15) is 0 Å². The molecule has 13 unspecified atom stereocenters. The van der Waals surface area contributed by atoms with Gasteiger partial charge in [0.15, 0.2) is 30.9 Å². The molecule has 99 heavy (non-hydrogen) atoms. The molecule has 5 heterocycles. The predicted molar refractivity (Wildman–Crippen MR) is 337 cm³/mol. The van der Waals surface area contributed by atoms with Gasteiger partial charge in [0.25, 0.3) is 0 Å². The molecule has 5 saturated heterocycles. The number of rotatable bonds is 30. The van der Waals surface area contributed by atoms with Crippen molar-refractivity contribution in [1.82, 2.24) is 62.6 Å². The summed E-state index contributed by atoms with van der Waals surface area (Å²) in [7, 11) is 2.99. The Morgan fingerprint density at radius 2 is 0.970 bits per heavy atom. The van der Waals surface area contributed by atoms with Gasteiger partial charge >= 0.3 is 29.8 Å². The summed E-state index contributed by atoms with van der Waals surface area (Å²) < 4.78 is 53.5. The Hall–Kier alpha value is -8.68. The van der Waals surface area contributed by atoms with Gasteiger partial charge in [-0.3, -0.25) is 76.7 Å². The summed E-state index contributed by atoms with van der Waals surface area (Å²) in [6.45, 7) is 12.7. The number of esters is 5. The van der Waals surface area contributed by atoms with E-state index >= 15 is 4.79 Å². The summed E-state index contributed by atoms with van der Waals surface area (Å²) in [5.41, 5.74) is 0. The van der Waals surface area contributed by atoms with Crippen LogP contribution >= 0.6 is 0 Å². The van der Waals surface area contributed by atoms with Crippen LogP contribution in [0, 0.1) is 0 Å². The van der Waals surface area contributed by atoms with Crippen LogP contribution in [-0.4, -0.2) is 279 Å². The molecule has 0 spiro atoms. The lowest BCUT2D eigenvalue weighted by Crippen LogP contribution is -2.71. The number of carbonyl (C=O) groups is 16. The van der Waals surface area contributed by atoms with Gasteiger partial charge in [-0.15, -0.1) is 0 Å². The van der Waals surface area contributed by atoms with Crippen molar-refractivity contribution < 1.29 is 119 Å². The van der Waals surface area contributed by atoms with Gasteiger partial charge in [-0.1, -0.05) is 6.92 Å². The lowest BCUT2D eigenvalue weighted by atomic mass is 9.93. The third-order valence-electron chi connectivity index (χ3n) is 17.0. The van der Waals surface area contributed by atoms with Crippen LogP contribution in [0.5, 0.6) is 0 Å². The molecule has 5 rings (SSSR count). The van der Waals surface area contributed by atoms with Crippen molar-refractivity contribution in [1.29, 1.82) is 0 Å². The van der Waals surface area contributed by atoms with Crippen molar-refractivity contribution >= 4 is 94.8 Å². The molecule has 9 N–H and O–H groups in total. The molecule has 0 aliphatic carbocycles. The zero-order valence-corrected chi connectivity index (χ0v) is 58.2. The van der Waals surface area contributed by atoms with Crippen LogP contribution in [0.15, 0.2) is 0 Å². The van der Waals surface area contributed by atoms with Crippen molar-refractivity contribution in [3.05, 3.63) is 0 Å². The highest BCUT2D eigenvalue weighted by molar-refractivity contribution is 5.98. The molecule has 0 aromatic rings. The highest BCUT2D eigenvalue weighted by Gasteiger charge is 2.57. The third-order valence-corrected chi connectivity index (χ3v) is 17.0. The minimum atomic E-state index is -1.98. The number of hydrogen-bond acceptors (Lipinski definition) is 26. The van der Waals surface area contributed by atoms with Crippen molar-refractivity contribution in [3.8, 4) is 0 Å². The summed E-state index contributed by atoms with van der Waals surface area (Å²) >= 11 is 0. The molecule has 5 fully saturated rings. The maximum Gasteiger partial charge on any atom is 0.303 e. The standard InChI is InChI=1S/C62H96N12O25/c1-15-39(70-45(82)25-65-55(85)40-19-16-22-72(40)58(88)29(3)63-13)54(84)71-46(57(87)67-30(4)59(89)74-24-18-21-42(74)60(90)73-23-17-20-41(73)56(86)66-28(2)53(83)64-14)31(5)93-61-48(69-33(7)76)52(50(95-37(11)80)44(97-61)27-92-35(9)78)99-62-47(68-32(6)75)51(96-38(12)81)49(94-36(10)79)43(98-62)26-91-34(8)77/h28-31,39-44,46-52,61-63H,15-27H2,1-14H3,(H,64,83)(H,65,85)(H,66,86)(H,67,87)(H,68,75)(H,69,76)(H,70,82)(H,71,84)/t28?,29?,30?,31?,39?,40?,41?,42?,43?,44?,46?,47-,48-,49+,50+,51?,52?,61-,62+/m1/s1. The van der Waals surface area contributed by atoms with Crippen molar-refractivity contribution in [2.45, 2.75) is 244 Å². The number of amides is 11. The van der Waals surface area contributed by atoms with Crippen molar-refractivity contribution in [2.24, 2.45) is 0 Å². The summed E-state index contributed by atoms with van der Waals surface area (Å²) in [5.74, 6) is -12.7. The highest BCUT2D eigenvalue weighted by Crippen LogP contribution is 2.35. The highest BCUT2D eigenvalue weighted by atomic mass is 16.7. The first kappa shape index (κ1) is 81.0. The quantitative estimate of drug-likeness (QED) is 0.0240. The van der Waals surface area contributed by atoms with Crippen LogP contribution in [0.1, 0.15) is 128 Å². The Morgan fingerprint density at radius 1 is 0.495 bits per heavy atom. The van der Waals surface area contributed by atoms with E-state index in [2.05, 4.69) is 47.9 Å². The van der Waals surface area contributed by atoms with Crippen molar-refractivity contribution in [3.63, 3.8) is 0 Å². The van der Waals surface area contributed by atoms with E-state index in [1.165, 1.54) is 49.4 Å². The monoisotopic (exact) mass is 1410 g/mol. The van der Waals surface area contributed by atoms with Gasteiger partial charge in [0.1, 0.15) is 85.9 Å². The fourth-order valence-electron chi connectivity index (χ4n) is 12.3. The smallest absolute Gasteiger partial charge is 0.303 e. The molecule has 11 amide bonds. The average Bonchev–Trinajstić information content (AvgIpc) is 1.48. The number of likely N-dealkylation sites (tertiary alicyclic amines) is 3. The largest absolute Gasteiger partial charge is 0.463 e. The van der Waals surface area contributed by atoms with Crippen molar-refractivity contribution in [2.75, 3.05) is 53.5 Å². The van der Waals surface area contributed by atoms with Gasteiger partial charge in [-0.05, 0) is 79.7 Å². The molecule has 554 valence electrons. The van der Waals surface area contributed by atoms with E-state index in [-0.39, 0.29) is 38.3 Å². The maximum atomic E-state index is 15.1. The second-order valence-electron chi connectivity index (χ2n) is 24.7. The lowest BCUT2D eigenvalue weighted by Gasteiger charge is -2.50. The Morgan fingerprint density at radius 3 is 1.47 bits per heavy atom. The van der Waals surface area contributed by atoms with E-state index in [1.54, 1.807) is 14.0 Å². The summed E-state index contributed by atoms with van der Waals surface area (Å²) in [5, 5.41) is 23.3. The number of ether oxygens (including phenoxy) is 9. The lowest BCUT2D eigenvalue weighted by molar-refractivity contribution is -0.334. The Labute approximate surface area is 572 Å². The number of nitrogens with zero attached hydrogens (tertiary/aromatic N) is 3. The van der Waals surface area contributed by atoms with Crippen LogP contribution in [0.2, 0.25) is 0 Å². The summed E-state index contributed by atoms with van der Waals surface area (Å²) in [6.07, 6.45) is -14.0. The van der Waals surface area contributed by atoms with Gasteiger partial charge in [0, 0.05) is 75.1 Å². The van der Waals surface area contributed by atoms with Gasteiger partial charge in [0.05, 0.1) is 18.7 Å². The molecule has 0 aromatic carbocycles. The molecular formula is C62H96N12O25. The van der Waals surface area contributed by atoms with E-state index in [1.807, 2.05) is 0 Å². The zero-order chi connectivity index (χ0) is 73.9. The van der Waals surface area contributed by atoms with Gasteiger partial charge in [0.2, 0.25) is 65.0 Å². The number of carbonyl (C=O) groups excluding carboxylic acids is 16. The van der Waals surface area contributed by atoms with Gasteiger partial charge in [-0.25, -0.2) is 0 Å². The molecular weight excluding hydrogens is 1310 g/mol. The SMILES string of the molecule is CCC(NC(=O)CNC(=O)C1CCCN1C(=O)C(C)NC)C(=O)NC(C(=O)NC(C)C(=O)N1CCCC1C(=O)N1CCCC1C(=O)NC(C)C(=O)NC)C(C)O[C@@H]1OC(COC(C)=O)[C@H](OC(C)=O)C(O[C@@H]2OC(COC(C)=O)[C@H](OC(C)=O)C(OC(C)=O)[C@H]2NC(C)=O)[C@H]1NC(C)=O. The molecule has 0 saturated carbocycles. The molecule has 37 nitrogen and oxygen atoms in total. The summed E-state index contributed by atoms with van der Waals surface area (Å²) in [6, 6.07) is -12.9. The third kappa shape index (κ3) is 22.4. The maximum absolute atomic E-state index is 15.1. The minimum Gasteiger partial charge on any atom is -0.463 e. The second-order valence-corrected chi connectivity index (χ2v) is 24.7. The Bertz CT molecular complexity index is 2990. The van der Waals surface area contributed by atoms with E-state index in [0.29, 0.717) is 32.2 Å². The minimum absolute atomic E-state index is 0.0373. The predicted octanol–water partition coefficient (Wildman–Crippen LogP) is -5.01. The molecule has 37 heteroatoms. The van der Waals surface area contributed by atoms with Crippen LogP contribution in [0.25, 0.3) is 0 Å². The zero-order valence-electron chi connectivity index (χ0n) is 58.2. The normalized spacial score (nSPS) is 26.8. The van der Waals surface area contributed by atoms with E-state index < -0.39 is 224 Å². The second kappa shape index (κ2) is 37.5. The first-order valence-electron chi connectivity index (χ1n) is 32.9. The van der Waals surface area contributed by atoms with Crippen LogP contribution in [0.3, 0.4) is 0 Å². The van der Waals surface area contributed by atoms with E-state index in [0.717, 1.165) is 48.5 Å². The first-order chi connectivity index (χ1) is 46.6. The Kier molecular flexibility index (Phi) is 30.7.